The number of likely N-dealkylation sites (tertiary alicyclic amines) is 1. The average molecular weight is 322 g/mol. The second-order valence-electron chi connectivity index (χ2n) is 5.88. The standard InChI is InChI=1S/C17H18N6O/c24-17(13-5-6-16(18-12-13)23-11-3-8-20-23)22-10-2-1-4-15(22)14-7-9-19-21-14/h3,5-9,11-12,15H,1-2,4,10H2,(H,19,21)/t15-/m0/s1. The molecule has 4 heterocycles. The van der Waals surface area contributed by atoms with Crippen molar-refractivity contribution < 1.29 is 4.79 Å². The van der Waals surface area contributed by atoms with Gasteiger partial charge in [0.2, 0.25) is 0 Å². The molecule has 1 saturated heterocycles. The quantitative estimate of drug-likeness (QED) is 0.803. The summed E-state index contributed by atoms with van der Waals surface area (Å²) in [5.74, 6) is 0.703. The summed E-state index contributed by atoms with van der Waals surface area (Å²) in [5, 5.41) is 11.2. The van der Waals surface area contributed by atoms with Gasteiger partial charge in [-0.05, 0) is 43.5 Å². The monoisotopic (exact) mass is 322 g/mol. The zero-order valence-corrected chi connectivity index (χ0v) is 13.2. The van der Waals surface area contributed by atoms with Crippen LogP contribution in [0.2, 0.25) is 0 Å². The third kappa shape index (κ3) is 2.68. The number of hydrogen-bond acceptors (Lipinski definition) is 4. The van der Waals surface area contributed by atoms with Gasteiger partial charge in [0.1, 0.15) is 0 Å². The first kappa shape index (κ1) is 14.6. The molecule has 24 heavy (non-hydrogen) atoms. The highest BCUT2D eigenvalue weighted by Gasteiger charge is 2.29. The summed E-state index contributed by atoms with van der Waals surface area (Å²) in [6.07, 6.45) is 9.96. The minimum absolute atomic E-state index is 0.00816. The lowest BCUT2D eigenvalue weighted by Crippen LogP contribution is -2.38. The first-order chi connectivity index (χ1) is 11.8. The van der Waals surface area contributed by atoms with Gasteiger partial charge >= 0.3 is 0 Å². The number of aromatic amines is 1. The van der Waals surface area contributed by atoms with Crippen LogP contribution in [0.3, 0.4) is 0 Å². The normalized spacial score (nSPS) is 17.8. The summed E-state index contributed by atoms with van der Waals surface area (Å²) >= 11 is 0. The van der Waals surface area contributed by atoms with Gasteiger partial charge in [-0.1, -0.05) is 0 Å². The highest BCUT2D eigenvalue weighted by Crippen LogP contribution is 2.30. The van der Waals surface area contributed by atoms with Gasteiger partial charge < -0.3 is 4.90 Å². The number of rotatable bonds is 3. The third-order valence-electron chi connectivity index (χ3n) is 4.38. The first-order valence-corrected chi connectivity index (χ1v) is 8.09. The number of piperidine rings is 1. The highest BCUT2D eigenvalue weighted by molar-refractivity contribution is 5.94. The van der Waals surface area contributed by atoms with E-state index in [1.807, 2.05) is 35.4 Å². The molecule has 1 aliphatic heterocycles. The smallest absolute Gasteiger partial charge is 0.255 e. The van der Waals surface area contributed by atoms with Crippen molar-refractivity contribution in [1.82, 2.24) is 29.9 Å². The van der Waals surface area contributed by atoms with Gasteiger partial charge in [-0.3, -0.25) is 9.89 Å². The van der Waals surface area contributed by atoms with E-state index in [4.69, 9.17) is 0 Å². The van der Waals surface area contributed by atoms with Crippen LogP contribution < -0.4 is 0 Å². The Balaban J connectivity index is 1.57. The van der Waals surface area contributed by atoms with E-state index < -0.39 is 0 Å². The Morgan fingerprint density at radius 1 is 1.21 bits per heavy atom. The predicted octanol–water partition coefficient (Wildman–Crippen LogP) is 2.36. The highest BCUT2D eigenvalue weighted by atomic mass is 16.2. The van der Waals surface area contributed by atoms with Gasteiger partial charge in [0.15, 0.2) is 5.82 Å². The third-order valence-corrected chi connectivity index (χ3v) is 4.38. The van der Waals surface area contributed by atoms with Crippen LogP contribution in [0, 0.1) is 0 Å². The van der Waals surface area contributed by atoms with Crippen molar-refractivity contribution in [3.05, 3.63) is 60.3 Å². The molecule has 0 saturated carbocycles. The number of hydrogen-bond donors (Lipinski definition) is 1. The molecule has 3 aromatic rings. The summed E-state index contributed by atoms with van der Waals surface area (Å²) in [6, 6.07) is 7.46. The molecule has 0 radical (unpaired) electrons. The fourth-order valence-electron chi connectivity index (χ4n) is 3.17. The maximum atomic E-state index is 12.9. The lowest BCUT2D eigenvalue weighted by atomic mass is 9.98. The van der Waals surface area contributed by atoms with Crippen LogP contribution in [0.4, 0.5) is 0 Å². The Hall–Kier alpha value is -2.96. The van der Waals surface area contributed by atoms with Crippen molar-refractivity contribution in [1.29, 1.82) is 0 Å². The van der Waals surface area contributed by atoms with Crippen molar-refractivity contribution in [3.8, 4) is 5.82 Å². The van der Waals surface area contributed by atoms with E-state index in [-0.39, 0.29) is 11.9 Å². The van der Waals surface area contributed by atoms with E-state index in [0.29, 0.717) is 11.4 Å². The molecule has 0 aliphatic carbocycles. The molecule has 1 aliphatic rings. The number of aromatic nitrogens is 5. The SMILES string of the molecule is O=C(c1ccc(-n2cccn2)nc1)N1CCCC[C@H]1c1ccn[nH]1. The van der Waals surface area contributed by atoms with Crippen molar-refractivity contribution in [2.45, 2.75) is 25.3 Å². The van der Waals surface area contributed by atoms with E-state index >= 15 is 0 Å². The van der Waals surface area contributed by atoms with Gasteiger partial charge in [0, 0.05) is 31.3 Å². The van der Waals surface area contributed by atoms with Crippen LogP contribution in [-0.4, -0.2) is 42.3 Å². The summed E-state index contributed by atoms with van der Waals surface area (Å²) < 4.78 is 1.67. The average Bonchev–Trinajstić information content (AvgIpc) is 3.35. The summed E-state index contributed by atoms with van der Waals surface area (Å²) in [7, 11) is 0. The number of carbonyl (C=O) groups excluding carboxylic acids is 1. The zero-order valence-electron chi connectivity index (χ0n) is 13.2. The van der Waals surface area contributed by atoms with E-state index in [9.17, 15) is 4.79 Å². The van der Waals surface area contributed by atoms with Crippen LogP contribution in [0.1, 0.15) is 41.4 Å². The molecule has 1 amide bonds. The van der Waals surface area contributed by atoms with Crippen LogP contribution >= 0.6 is 0 Å². The molecular formula is C17H18N6O. The van der Waals surface area contributed by atoms with E-state index in [0.717, 1.165) is 31.5 Å². The summed E-state index contributed by atoms with van der Waals surface area (Å²) in [5.41, 5.74) is 1.58. The molecule has 1 atom stereocenters. The maximum absolute atomic E-state index is 12.9. The molecule has 1 N–H and O–H groups in total. The van der Waals surface area contributed by atoms with Gasteiger partial charge in [-0.25, -0.2) is 9.67 Å². The first-order valence-electron chi connectivity index (χ1n) is 8.09. The molecular weight excluding hydrogens is 304 g/mol. The van der Waals surface area contributed by atoms with Crippen molar-refractivity contribution >= 4 is 5.91 Å². The Morgan fingerprint density at radius 2 is 2.17 bits per heavy atom. The summed E-state index contributed by atoms with van der Waals surface area (Å²) in [4.78, 5) is 19.2. The van der Waals surface area contributed by atoms with Crippen LogP contribution in [0.15, 0.2) is 49.1 Å². The molecule has 7 heteroatoms. The largest absolute Gasteiger partial charge is 0.330 e. The van der Waals surface area contributed by atoms with Gasteiger partial charge in [-0.15, -0.1) is 0 Å². The lowest BCUT2D eigenvalue weighted by Gasteiger charge is -2.35. The number of carbonyl (C=O) groups is 1. The minimum Gasteiger partial charge on any atom is -0.330 e. The molecule has 122 valence electrons. The number of nitrogens with zero attached hydrogens (tertiary/aromatic N) is 5. The lowest BCUT2D eigenvalue weighted by molar-refractivity contribution is 0.0605. The fraction of sp³-hybridized carbons (Fsp3) is 0.294. The van der Waals surface area contributed by atoms with Gasteiger partial charge in [0.05, 0.1) is 17.3 Å². The van der Waals surface area contributed by atoms with Crippen LogP contribution in [0.25, 0.3) is 5.82 Å². The number of nitrogens with one attached hydrogen (secondary N) is 1. The van der Waals surface area contributed by atoms with Crippen molar-refractivity contribution in [2.24, 2.45) is 0 Å². The second-order valence-corrected chi connectivity index (χ2v) is 5.88. The molecule has 0 unspecified atom stereocenters. The molecule has 0 spiro atoms. The minimum atomic E-state index is 0.00816. The summed E-state index contributed by atoms with van der Waals surface area (Å²) in [6.45, 7) is 0.753. The van der Waals surface area contributed by atoms with Crippen LogP contribution in [-0.2, 0) is 0 Å². The fourth-order valence-corrected chi connectivity index (χ4v) is 3.17. The zero-order chi connectivity index (χ0) is 16.4. The Labute approximate surface area is 139 Å². The number of amides is 1. The predicted molar refractivity (Wildman–Crippen MR) is 87.6 cm³/mol. The number of H-pyrrole nitrogens is 1. The molecule has 0 bridgehead atoms. The Kier molecular flexibility index (Phi) is 3.82. The van der Waals surface area contributed by atoms with E-state index in [2.05, 4.69) is 20.3 Å². The van der Waals surface area contributed by atoms with Crippen molar-refractivity contribution in [3.63, 3.8) is 0 Å². The van der Waals surface area contributed by atoms with E-state index in [1.165, 1.54) is 0 Å². The molecule has 0 aromatic carbocycles. The Morgan fingerprint density at radius 3 is 2.88 bits per heavy atom. The van der Waals surface area contributed by atoms with Gasteiger partial charge in [-0.2, -0.15) is 10.2 Å². The second kappa shape index (κ2) is 6.27. The molecule has 3 aromatic heterocycles. The Bertz CT molecular complexity index is 794. The topological polar surface area (TPSA) is 79.7 Å². The van der Waals surface area contributed by atoms with Gasteiger partial charge in [0.25, 0.3) is 5.91 Å². The molecule has 4 rings (SSSR count). The molecule has 7 nitrogen and oxygen atoms in total. The van der Waals surface area contributed by atoms with E-state index in [1.54, 1.807) is 23.3 Å². The number of pyridine rings is 1. The maximum Gasteiger partial charge on any atom is 0.255 e. The van der Waals surface area contributed by atoms with Crippen LogP contribution in [0.5, 0.6) is 0 Å². The molecule has 1 fully saturated rings. The van der Waals surface area contributed by atoms with Crippen molar-refractivity contribution in [2.75, 3.05) is 6.54 Å².